The Hall–Kier alpha value is -5.13. The van der Waals surface area contributed by atoms with E-state index in [4.69, 9.17) is 33.7 Å². The Balaban J connectivity index is 1.60. The van der Waals surface area contributed by atoms with Gasteiger partial charge in [-0.1, -0.05) is 54.6 Å². The summed E-state index contributed by atoms with van der Waals surface area (Å²) in [6, 6.07) is 26.9. The topological polar surface area (TPSA) is 180 Å². The van der Waals surface area contributed by atoms with Crippen LogP contribution < -0.4 is 26.5 Å². The number of rotatable bonds is 19. The van der Waals surface area contributed by atoms with Crippen molar-refractivity contribution in [3.8, 4) is 17.6 Å². The Kier molecular flexibility index (Phi) is 15.6. The van der Waals surface area contributed by atoms with Crippen molar-refractivity contribution in [1.29, 1.82) is 5.26 Å². The Morgan fingerprint density at radius 2 is 1.57 bits per heavy atom. The van der Waals surface area contributed by atoms with Crippen molar-refractivity contribution in [2.45, 2.75) is 76.5 Å². The summed E-state index contributed by atoms with van der Waals surface area (Å²) in [5, 5.41) is 9.37. The highest BCUT2D eigenvalue weighted by molar-refractivity contribution is 7.44. The molecule has 15 heteroatoms. The van der Waals surface area contributed by atoms with E-state index >= 15 is 0 Å². The molecule has 58 heavy (non-hydrogen) atoms. The summed E-state index contributed by atoms with van der Waals surface area (Å²) in [5.41, 5.74) is 5.42. The lowest BCUT2D eigenvalue weighted by Crippen LogP contribution is -2.48. The lowest BCUT2D eigenvalue weighted by Gasteiger charge is -2.43. The first kappa shape index (κ1) is 44.0. The summed E-state index contributed by atoms with van der Waals surface area (Å²) in [7, 11) is 1.48. The lowest BCUT2D eigenvalue weighted by molar-refractivity contribution is -0.136. The highest BCUT2D eigenvalue weighted by atomic mass is 31.2. The Morgan fingerprint density at radius 3 is 2.10 bits per heavy atom. The van der Waals surface area contributed by atoms with E-state index in [1.165, 1.54) is 16.8 Å². The molecule has 3 N–H and O–H groups in total. The quantitative estimate of drug-likeness (QED) is 0.0487. The smallest absolute Gasteiger partial charge is 0.328 e. The minimum absolute atomic E-state index is 0.0143. The number of amides is 1. The molecule has 14 nitrogen and oxygen atoms in total. The predicted octanol–water partition coefficient (Wildman–Crippen LogP) is 6.05. The van der Waals surface area contributed by atoms with E-state index in [1.807, 2.05) is 107 Å². The van der Waals surface area contributed by atoms with Crippen LogP contribution in [0.1, 0.15) is 68.8 Å². The molecule has 5 rings (SSSR count). The minimum atomic E-state index is -1.75. The van der Waals surface area contributed by atoms with E-state index < -0.39 is 49.5 Å². The van der Waals surface area contributed by atoms with Gasteiger partial charge in [-0.3, -0.25) is 19.1 Å². The monoisotopic (exact) mass is 813 g/mol. The molecule has 1 saturated heterocycles. The van der Waals surface area contributed by atoms with E-state index in [-0.39, 0.29) is 50.3 Å². The number of ether oxygens (including phenoxy) is 4. The third kappa shape index (κ3) is 10.5. The number of aromatic amines is 1. The summed E-state index contributed by atoms with van der Waals surface area (Å²) in [4.78, 5) is 39.8. The van der Waals surface area contributed by atoms with Crippen molar-refractivity contribution < 1.29 is 32.8 Å². The molecule has 4 aromatic rings. The summed E-state index contributed by atoms with van der Waals surface area (Å²) in [6.07, 6.45) is 2.73. The molecule has 0 radical (unpaired) electrons. The number of primary amides is 1. The van der Waals surface area contributed by atoms with Gasteiger partial charge in [-0.05, 0) is 81.1 Å². The van der Waals surface area contributed by atoms with Gasteiger partial charge in [0, 0.05) is 24.4 Å². The highest BCUT2D eigenvalue weighted by Gasteiger charge is 2.43. The standard InChI is InChI=1S/C43H52N5O9P/c1-29(2)48(30(3)4)58(56-24-10-23-44)57-38-25-35(47-26-31(13-22-40(45)49)41(50)46-42(47)51)27-54-39(38)28-55-43(32-11-8-7-9-12-32,33-14-18-36(52-5)19-15-33)34-16-20-37(53-6)21-17-34/h7-9,11-22,26,29-30,35,38-39H,10,24-25,27-28H2,1-6H3,(H2,45,49)(H,46,50,51)/b22-13+. The summed E-state index contributed by atoms with van der Waals surface area (Å²) >= 11 is 0. The molecule has 3 aromatic carbocycles. The molecule has 1 aliphatic heterocycles. The maximum Gasteiger partial charge on any atom is 0.328 e. The van der Waals surface area contributed by atoms with Gasteiger partial charge in [-0.15, -0.1) is 0 Å². The molecule has 0 spiro atoms. The van der Waals surface area contributed by atoms with E-state index in [0.29, 0.717) is 11.5 Å². The molecule has 308 valence electrons. The van der Waals surface area contributed by atoms with Crippen LogP contribution in [0.3, 0.4) is 0 Å². The van der Waals surface area contributed by atoms with E-state index in [1.54, 1.807) is 14.2 Å². The van der Waals surface area contributed by atoms with Gasteiger partial charge < -0.3 is 33.7 Å². The number of H-pyrrole nitrogens is 1. The van der Waals surface area contributed by atoms with Crippen LogP contribution in [0.15, 0.2) is 101 Å². The van der Waals surface area contributed by atoms with Gasteiger partial charge >= 0.3 is 5.69 Å². The first-order chi connectivity index (χ1) is 27.9. The van der Waals surface area contributed by atoms with Crippen molar-refractivity contribution in [2.24, 2.45) is 5.73 Å². The van der Waals surface area contributed by atoms with E-state index in [2.05, 4.69) is 15.7 Å². The second kappa shape index (κ2) is 20.5. The second-order valence-corrected chi connectivity index (χ2v) is 15.7. The fourth-order valence-corrected chi connectivity index (χ4v) is 8.80. The number of carbonyl (C=O) groups excluding carboxylic acids is 1. The number of hydrogen-bond acceptors (Lipinski definition) is 11. The van der Waals surface area contributed by atoms with Crippen molar-refractivity contribution in [3.63, 3.8) is 0 Å². The highest BCUT2D eigenvalue weighted by Crippen LogP contribution is 2.50. The third-order valence-corrected chi connectivity index (χ3v) is 11.9. The summed E-state index contributed by atoms with van der Waals surface area (Å²) in [6.45, 7) is 8.43. The van der Waals surface area contributed by atoms with Crippen LogP contribution in [-0.2, 0) is 28.9 Å². The number of aromatic nitrogens is 2. The van der Waals surface area contributed by atoms with Gasteiger partial charge in [-0.25, -0.2) is 9.46 Å². The molecular weight excluding hydrogens is 761 g/mol. The van der Waals surface area contributed by atoms with Gasteiger partial charge in [-0.2, -0.15) is 5.26 Å². The number of hydrogen-bond donors (Lipinski definition) is 2. The average Bonchev–Trinajstić information content (AvgIpc) is 3.21. The molecule has 2 heterocycles. The van der Waals surface area contributed by atoms with Crippen LogP contribution in [0.2, 0.25) is 0 Å². The molecule has 0 aliphatic carbocycles. The van der Waals surface area contributed by atoms with Crippen LogP contribution in [0, 0.1) is 11.3 Å². The molecule has 1 aromatic heterocycles. The van der Waals surface area contributed by atoms with Crippen LogP contribution in [0.5, 0.6) is 11.5 Å². The molecule has 1 fully saturated rings. The zero-order valence-corrected chi connectivity index (χ0v) is 34.6. The number of carbonyl (C=O) groups is 1. The molecule has 0 bridgehead atoms. The third-order valence-electron chi connectivity index (χ3n) is 9.76. The van der Waals surface area contributed by atoms with Gasteiger partial charge in [0.1, 0.15) is 23.2 Å². The van der Waals surface area contributed by atoms with Crippen molar-refractivity contribution in [1.82, 2.24) is 14.2 Å². The maximum absolute atomic E-state index is 13.3. The van der Waals surface area contributed by atoms with Crippen LogP contribution in [0.25, 0.3) is 6.08 Å². The Bertz CT molecular complexity index is 2080. The van der Waals surface area contributed by atoms with Gasteiger partial charge in [0.25, 0.3) is 14.1 Å². The second-order valence-electron chi connectivity index (χ2n) is 14.3. The Labute approximate surface area is 340 Å². The molecule has 0 saturated carbocycles. The molecule has 4 atom stereocenters. The van der Waals surface area contributed by atoms with Crippen molar-refractivity contribution >= 4 is 20.5 Å². The zero-order valence-electron chi connectivity index (χ0n) is 33.7. The Morgan fingerprint density at radius 1 is 0.983 bits per heavy atom. The molecule has 1 aliphatic rings. The number of methoxy groups -OCH3 is 2. The average molecular weight is 814 g/mol. The number of benzene rings is 3. The van der Waals surface area contributed by atoms with E-state index in [9.17, 15) is 19.6 Å². The zero-order chi connectivity index (χ0) is 41.8. The first-order valence-corrected chi connectivity index (χ1v) is 20.2. The minimum Gasteiger partial charge on any atom is -0.497 e. The number of nitrogens with two attached hydrogens (primary N) is 1. The fraction of sp³-hybridized carbons (Fsp3) is 0.395. The first-order valence-electron chi connectivity index (χ1n) is 19.1. The number of nitrogens with one attached hydrogen (secondary N) is 1. The summed E-state index contributed by atoms with van der Waals surface area (Å²) < 4.78 is 41.7. The largest absolute Gasteiger partial charge is 0.497 e. The lowest BCUT2D eigenvalue weighted by atomic mass is 9.80. The van der Waals surface area contributed by atoms with Crippen molar-refractivity contribution in [2.75, 3.05) is 34.0 Å². The van der Waals surface area contributed by atoms with Crippen molar-refractivity contribution in [3.05, 3.63) is 134 Å². The summed E-state index contributed by atoms with van der Waals surface area (Å²) in [5.74, 6) is 0.631. The predicted molar refractivity (Wildman–Crippen MR) is 221 cm³/mol. The van der Waals surface area contributed by atoms with Crippen LogP contribution in [0.4, 0.5) is 0 Å². The van der Waals surface area contributed by atoms with Crippen LogP contribution in [-0.4, -0.2) is 78.5 Å². The normalized spacial score (nSPS) is 17.8. The number of nitrogens with zero attached hydrogens (tertiary/aromatic N) is 3. The molecular formula is C43H52N5O9P. The molecule has 1 amide bonds. The van der Waals surface area contributed by atoms with Gasteiger partial charge in [0.2, 0.25) is 5.91 Å². The van der Waals surface area contributed by atoms with Gasteiger partial charge in [0.15, 0.2) is 0 Å². The fourth-order valence-electron chi connectivity index (χ4n) is 7.04. The SMILES string of the molecule is COc1ccc(C(OCC2OCC(n3cc(/C=C/C(N)=O)c(=O)[nH]c3=O)CC2OP(OCCC#N)N(C(C)C)C(C)C)(c2ccccc2)c2ccc(OC)cc2)cc1. The maximum atomic E-state index is 13.3. The van der Waals surface area contributed by atoms with E-state index in [0.717, 1.165) is 22.8 Å². The molecule has 4 unspecified atom stereocenters. The van der Waals surface area contributed by atoms with Gasteiger partial charge in [0.05, 0.1) is 64.2 Å². The van der Waals surface area contributed by atoms with Crippen LogP contribution >= 0.6 is 8.53 Å². The number of nitriles is 1.